The van der Waals surface area contributed by atoms with Crippen LogP contribution in [0.1, 0.15) is 74.8 Å². The highest BCUT2D eigenvalue weighted by atomic mass is 35.5. The molecule has 0 aliphatic carbocycles. The van der Waals surface area contributed by atoms with Crippen molar-refractivity contribution in [1.29, 1.82) is 0 Å². The number of benzene rings is 3. The minimum atomic E-state index is -0.624. The summed E-state index contributed by atoms with van der Waals surface area (Å²) in [4.78, 5) is 32.8. The van der Waals surface area contributed by atoms with Gasteiger partial charge in [-0.15, -0.1) is 0 Å². The van der Waals surface area contributed by atoms with Crippen LogP contribution in [0.3, 0.4) is 0 Å². The molecule has 0 amide bonds. The van der Waals surface area contributed by atoms with Crippen LogP contribution in [-0.2, 0) is 16.1 Å². The molecule has 6 nitrogen and oxygen atoms in total. The lowest BCUT2D eigenvalue weighted by atomic mass is 9.92. The summed E-state index contributed by atoms with van der Waals surface area (Å²) in [6.07, 6.45) is 3.27. The van der Waals surface area contributed by atoms with Crippen LogP contribution in [0.4, 0.5) is 0 Å². The van der Waals surface area contributed by atoms with Crippen LogP contribution >= 0.6 is 22.9 Å². The summed E-state index contributed by atoms with van der Waals surface area (Å²) in [5, 5.41) is 0.664. The highest BCUT2D eigenvalue weighted by molar-refractivity contribution is 7.07. The number of ether oxygens (including phenoxy) is 2. The van der Waals surface area contributed by atoms with Gasteiger partial charge in [-0.2, -0.15) is 0 Å². The van der Waals surface area contributed by atoms with Gasteiger partial charge in [0.25, 0.3) is 5.56 Å². The van der Waals surface area contributed by atoms with Gasteiger partial charge >= 0.3 is 5.97 Å². The van der Waals surface area contributed by atoms with E-state index in [0.717, 1.165) is 23.1 Å². The van der Waals surface area contributed by atoms with Gasteiger partial charge in [-0.05, 0) is 60.2 Å². The van der Waals surface area contributed by atoms with Crippen molar-refractivity contribution in [3.8, 4) is 5.75 Å². The number of esters is 1. The van der Waals surface area contributed by atoms with E-state index in [4.69, 9.17) is 26.1 Å². The van der Waals surface area contributed by atoms with Crippen molar-refractivity contribution in [2.75, 3.05) is 6.61 Å². The minimum Gasteiger partial charge on any atom is -0.489 e. The second-order valence-electron chi connectivity index (χ2n) is 10.7. The third kappa shape index (κ3) is 6.68. The van der Waals surface area contributed by atoms with Crippen molar-refractivity contribution in [2.24, 2.45) is 4.99 Å². The quantitative estimate of drug-likeness (QED) is 0.182. The zero-order chi connectivity index (χ0) is 30.5. The summed E-state index contributed by atoms with van der Waals surface area (Å²) in [7, 11) is 0. The van der Waals surface area contributed by atoms with Gasteiger partial charge in [0.05, 0.1) is 28.5 Å². The maximum absolute atomic E-state index is 14.0. The topological polar surface area (TPSA) is 69.9 Å². The molecule has 0 saturated carbocycles. The normalized spacial score (nSPS) is 14.9. The van der Waals surface area contributed by atoms with Gasteiger partial charge in [-0.1, -0.05) is 105 Å². The van der Waals surface area contributed by atoms with Crippen LogP contribution in [0.2, 0.25) is 5.02 Å². The molecule has 0 fully saturated rings. The third-order valence-corrected chi connectivity index (χ3v) is 8.69. The second-order valence-corrected chi connectivity index (χ2v) is 12.1. The zero-order valence-corrected chi connectivity index (χ0v) is 26.4. The molecule has 1 aromatic heterocycles. The number of nitrogens with zero attached hydrogens (tertiary/aromatic N) is 2. The van der Waals surface area contributed by atoms with E-state index in [-0.39, 0.29) is 12.2 Å². The van der Waals surface area contributed by atoms with Crippen LogP contribution < -0.4 is 19.6 Å². The lowest BCUT2D eigenvalue weighted by Crippen LogP contribution is -2.40. The molecule has 0 bridgehead atoms. The van der Waals surface area contributed by atoms with E-state index < -0.39 is 12.0 Å². The number of hydrogen-bond donors (Lipinski definition) is 0. The first-order valence-electron chi connectivity index (χ1n) is 14.6. The zero-order valence-electron chi connectivity index (χ0n) is 24.8. The number of aromatic nitrogens is 1. The molecule has 2 heterocycles. The van der Waals surface area contributed by atoms with Crippen LogP contribution in [0.25, 0.3) is 6.08 Å². The Kier molecular flexibility index (Phi) is 9.63. The minimum absolute atomic E-state index is 0.196. The standard InChI is InChI=1S/C35H35ClN2O4S/c1-5-9-29-31(34(40)41-6-2)32(25-16-14-24(15-17-25)22(3)4)38-33(39)30(43-35(38)37-29)20-23-12-18-27(19-13-23)42-21-26-10-7-8-11-28(26)36/h7-8,10-20,22,32H,5-6,9,21H2,1-4H3/b30-20-/t32-/m0/s1. The first kappa shape index (κ1) is 30.5. The van der Waals surface area contributed by atoms with Crippen LogP contribution in [0.15, 0.2) is 93.9 Å². The number of carbonyl (C=O) groups is 1. The monoisotopic (exact) mass is 614 g/mol. The maximum Gasteiger partial charge on any atom is 0.338 e. The summed E-state index contributed by atoms with van der Waals surface area (Å²) in [5.41, 5.74) is 4.71. The molecule has 222 valence electrons. The molecule has 43 heavy (non-hydrogen) atoms. The predicted octanol–water partition coefficient (Wildman–Crippen LogP) is 6.93. The maximum atomic E-state index is 14.0. The van der Waals surface area contributed by atoms with E-state index in [1.165, 1.54) is 16.9 Å². The average molecular weight is 615 g/mol. The Balaban J connectivity index is 1.54. The molecule has 0 spiro atoms. The molecular formula is C35H35ClN2O4S. The number of allylic oxidation sites excluding steroid dienone is 1. The second kappa shape index (κ2) is 13.6. The Bertz CT molecular complexity index is 1820. The molecule has 1 aliphatic rings. The lowest BCUT2D eigenvalue weighted by molar-refractivity contribution is -0.139. The van der Waals surface area contributed by atoms with E-state index in [9.17, 15) is 9.59 Å². The molecule has 0 unspecified atom stereocenters. The molecule has 0 radical (unpaired) electrons. The Morgan fingerprint density at radius 3 is 2.42 bits per heavy atom. The molecular weight excluding hydrogens is 580 g/mol. The number of thiazole rings is 1. The van der Waals surface area contributed by atoms with Gasteiger partial charge in [-0.25, -0.2) is 9.79 Å². The third-order valence-electron chi connectivity index (χ3n) is 7.34. The van der Waals surface area contributed by atoms with Gasteiger partial charge in [0.1, 0.15) is 12.4 Å². The Morgan fingerprint density at radius 2 is 1.77 bits per heavy atom. The average Bonchev–Trinajstić information content (AvgIpc) is 3.31. The smallest absolute Gasteiger partial charge is 0.338 e. The van der Waals surface area contributed by atoms with Gasteiger partial charge in [-0.3, -0.25) is 9.36 Å². The van der Waals surface area contributed by atoms with E-state index in [1.54, 1.807) is 11.5 Å². The summed E-state index contributed by atoms with van der Waals surface area (Å²) < 4.78 is 13.6. The SMILES string of the molecule is CCCC1=C(C(=O)OCC)[C@H](c2ccc(C(C)C)cc2)n2c(s/c(=C\c3ccc(OCc4ccccc4Cl)cc3)c2=O)=N1. The summed E-state index contributed by atoms with van der Waals surface area (Å²) >= 11 is 7.58. The Morgan fingerprint density at radius 1 is 1.05 bits per heavy atom. The van der Waals surface area contributed by atoms with Crippen molar-refractivity contribution < 1.29 is 14.3 Å². The number of halogens is 1. The summed E-state index contributed by atoms with van der Waals surface area (Å²) in [6, 6.07) is 22.7. The molecule has 1 aliphatic heterocycles. The van der Waals surface area contributed by atoms with Gasteiger partial charge < -0.3 is 9.47 Å². The molecule has 8 heteroatoms. The van der Waals surface area contributed by atoms with Gasteiger partial charge in [0, 0.05) is 10.6 Å². The van der Waals surface area contributed by atoms with Gasteiger partial charge in [0.15, 0.2) is 4.80 Å². The van der Waals surface area contributed by atoms with E-state index in [0.29, 0.717) is 50.3 Å². The number of hydrogen-bond acceptors (Lipinski definition) is 6. The van der Waals surface area contributed by atoms with Crippen LogP contribution in [0, 0.1) is 0 Å². The summed E-state index contributed by atoms with van der Waals surface area (Å²) in [5.74, 6) is 0.626. The van der Waals surface area contributed by atoms with Crippen molar-refractivity contribution in [3.63, 3.8) is 0 Å². The van der Waals surface area contributed by atoms with E-state index >= 15 is 0 Å². The molecule has 0 N–H and O–H groups in total. The van der Waals surface area contributed by atoms with Crippen molar-refractivity contribution >= 4 is 35.0 Å². The van der Waals surface area contributed by atoms with Crippen molar-refractivity contribution in [2.45, 2.75) is 59.1 Å². The number of carbonyl (C=O) groups excluding carboxylic acids is 1. The fourth-order valence-corrected chi connectivity index (χ4v) is 6.30. The Hall–Kier alpha value is -3.94. The molecule has 4 aromatic rings. The summed E-state index contributed by atoms with van der Waals surface area (Å²) in [6.45, 7) is 8.71. The highest BCUT2D eigenvalue weighted by Gasteiger charge is 2.34. The molecule has 1 atom stereocenters. The van der Waals surface area contributed by atoms with Gasteiger partial charge in [0.2, 0.25) is 0 Å². The molecule has 0 saturated heterocycles. The highest BCUT2D eigenvalue weighted by Crippen LogP contribution is 2.33. The first-order valence-corrected chi connectivity index (χ1v) is 15.8. The lowest BCUT2D eigenvalue weighted by Gasteiger charge is -2.26. The fraction of sp³-hybridized carbons (Fsp3) is 0.286. The van der Waals surface area contributed by atoms with Crippen molar-refractivity contribution in [3.05, 3.63) is 131 Å². The molecule has 3 aromatic carbocycles. The number of fused-ring (bicyclic) bond motifs is 1. The van der Waals surface area contributed by atoms with Crippen LogP contribution in [0.5, 0.6) is 5.75 Å². The largest absolute Gasteiger partial charge is 0.489 e. The van der Waals surface area contributed by atoms with Crippen LogP contribution in [-0.4, -0.2) is 17.1 Å². The van der Waals surface area contributed by atoms with E-state index in [2.05, 4.69) is 32.9 Å². The van der Waals surface area contributed by atoms with E-state index in [1.807, 2.05) is 66.7 Å². The Labute approximate surface area is 260 Å². The fourth-order valence-electron chi connectivity index (χ4n) is 5.09. The predicted molar refractivity (Wildman–Crippen MR) is 172 cm³/mol. The molecule has 5 rings (SSSR count). The first-order chi connectivity index (χ1) is 20.8. The number of rotatable bonds is 10. The van der Waals surface area contributed by atoms with Crippen molar-refractivity contribution in [1.82, 2.24) is 4.57 Å².